The van der Waals surface area contributed by atoms with Gasteiger partial charge in [0.25, 0.3) is 10.0 Å². The van der Waals surface area contributed by atoms with Crippen LogP contribution in [0.5, 0.6) is 0 Å². The Balaban J connectivity index is 2.41. The van der Waals surface area contributed by atoms with E-state index in [1.165, 1.54) is 6.20 Å². The zero-order valence-electron chi connectivity index (χ0n) is 10.1. The SMILES string of the molecule is Cc1sc(C(=O)O)cc1S(=O)(=O)Nc1ncccc1Br. The van der Waals surface area contributed by atoms with Gasteiger partial charge in [0.2, 0.25) is 0 Å². The van der Waals surface area contributed by atoms with E-state index in [1.807, 2.05) is 0 Å². The van der Waals surface area contributed by atoms with Crippen molar-refractivity contribution in [1.29, 1.82) is 0 Å². The summed E-state index contributed by atoms with van der Waals surface area (Å²) in [4.78, 5) is 15.1. The molecule has 2 aromatic heterocycles. The standard InChI is InChI=1S/C11H9BrN2O4S2/c1-6-9(5-8(19-6)11(15)16)20(17,18)14-10-7(12)3-2-4-13-10/h2-5H,1H3,(H,13,14)(H,15,16). The first-order valence-electron chi connectivity index (χ1n) is 5.28. The molecule has 0 fully saturated rings. The Hall–Kier alpha value is -1.45. The second-order valence-corrected chi connectivity index (χ2v) is 7.54. The Morgan fingerprint density at radius 2 is 2.20 bits per heavy atom. The highest BCUT2D eigenvalue weighted by atomic mass is 79.9. The summed E-state index contributed by atoms with van der Waals surface area (Å²) in [6.45, 7) is 1.55. The topological polar surface area (TPSA) is 96.4 Å². The van der Waals surface area contributed by atoms with Crippen molar-refractivity contribution in [3.63, 3.8) is 0 Å². The van der Waals surface area contributed by atoms with Crippen molar-refractivity contribution in [3.8, 4) is 0 Å². The zero-order valence-corrected chi connectivity index (χ0v) is 13.3. The number of aromatic carboxylic acids is 1. The highest BCUT2D eigenvalue weighted by molar-refractivity contribution is 9.10. The molecule has 0 saturated carbocycles. The first kappa shape index (κ1) is 14.9. The summed E-state index contributed by atoms with van der Waals surface area (Å²) in [6, 6.07) is 4.44. The second kappa shape index (κ2) is 5.51. The lowest BCUT2D eigenvalue weighted by atomic mass is 10.4. The first-order chi connectivity index (χ1) is 9.31. The van der Waals surface area contributed by atoms with Crippen LogP contribution in [-0.2, 0) is 10.0 Å². The summed E-state index contributed by atoms with van der Waals surface area (Å²) >= 11 is 4.10. The maximum absolute atomic E-state index is 12.3. The van der Waals surface area contributed by atoms with Crippen molar-refractivity contribution in [2.24, 2.45) is 0 Å². The Labute approximate surface area is 127 Å². The normalized spacial score (nSPS) is 11.3. The molecular weight excluding hydrogens is 368 g/mol. The minimum absolute atomic E-state index is 0.0250. The number of carboxylic acid groups (broad SMARTS) is 1. The quantitative estimate of drug-likeness (QED) is 0.854. The Bertz CT molecular complexity index is 770. The average Bonchev–Trinajstić information content (AvgIpc) is 2.75. The summed E-state index contributed by atoms with van der Waals surface area (Å²) in [5.41, 5.74) is 0. The molecule has 0 saturated heterocycles. The van der Waals surface area contributed by atoms with Crippen LogP contribution in [0.4, 0.5) is 5.82 Å². The van der Waals surface area contributed by atoms with E-state index in [-0.39, 0.29) is 15.6 Å². The number of carbonyl (C=O) groups is 1. The van der Waals surface area contributed by atoms with Gasteiger partial charge < -0.3 is 5.11 Å². The largest absolute Gasteiger partial charge is 0.477 e. The number of nitrogens with zero attached hydrogens (tertiary/aromatic N) is 1. The molecule has 0 spiro atoms. The van der Waals surface area contributed by atoms with Gasteiger partial charge in [-0.05, 0) is 41.1 Å². The fourth-order valence-electron chi connectivity index (χ4n) is 1.48. The number of hydrogen-bond donors (Lipinski definition) is 2. The van der Waals surface area contributed by atoms with Gasteiger partial charge in [-0.1, -0.05) is 0 Å². The predicted octanol–water partition coefficient (Wildman–Crippen LogP) is 2.71. The monoisotopic (exact) mass is 376 g/mol. The zero-order chi connectivity index (χ0) is 14.9. The molecule has 2 N–H and O–H groups in total. The fourth-order valence-corrected chi connectivity index (χ4v) is 4.43. The lowest BCUT2D eigenvalue weighted by molar-refractivity contribution is 0.0702. The highest BCUT2D eigenvalue weighted by Gasteiger charge is 2.23. The number of nitrogens with one attached hydrogen (secondary N) is 1. The van der Waals surface area contributed by atoms with E-state index in [4.69, 9.17) is 5.11 Å². The number of rotatable bonds is 4. The minimum Gasteiger partial charge on any atom is -0.477 e. The van der Waals surface area contributed by atoms with Crippen molar-refractivity contribution in [3.05, 3.63) is 38.6 Å². The fraction of sp³-hybridized carbons (Fsp3) is 0.0909. The molecule has 20 heavy (non-hydrogen) atoms. The van der Waals surface area contributed by atoms with Crippen LogP contribution in [-0.4, -0.2) is 24.5 Å². The molecule has 0 aliphatic heterocycles. The Morgan fingerprint density at radius 3 is 2.75 bits per heavy atom. The lowest BCUT2D eigenvalue weighted by Gasteiger charge is -2.07. The molecule has 6 nitrogen and oxygen atoms in total. The number of pyridine rings is 1. The van der Waals surface area contributed by atoms with E-state index in [2.05, 4.69) is 25.6 Å². The maximum atomic E-state index is 12.3. The van der Waals surface area contributed by atoms with Gasteiger partial charge in [0.15, 0.2) is 5.82 Å². The highest BCUT2D eigenvalue weighted by Crippen LogP contribution is 2.28. The molecule has 2 heterocycles. The summed E-state index contributed by atoms with van der Waals surface area (Å²) in [6.07, 6.45) is 1.45. The molecule has 2 rings (SSSR count). The lowest BCUT2D eigenvalue weighted by Crippen LogP contribution is -2.14. The Kier molecular flexibility index (Phi) is 4.11. The van der Waals surface area contributed by atoms with Gasteiger partial charge in [-0.2, -0.15) is 0 Å². The van der Waals surface area contributed by atoms with Gasteiger partial charge in [-0.3, -0.25) is 4.72 Å². The predicted molar refractivity (Wildman–Crippen MR) is 78.8 cm³/mol. The third-order valence-electron chi connectivity index (χ3n) is 2.36. The third kappa shape index (κ3) is 3.00. The van der Waals surface area contributed by atoms with Crippen molar-refractivity contribution in [2.45, 2.75) is 11.8 Å². The van der Waals surface area contributed by atoms with Crippen LogP contribution in [0.2, 0.25) is 0 Å². The van der Waals surface area contributed by atoms with Gasteiger partial charge >= 0.3 is 5.97 Å². The van der Waals surface area contributed by atoms with Crippen LogP contribution in [0.3, 0.4) is 0 Å². The van der Waals surface area contributed by atoms with Crippen molar-refractivity contribution in [2.75, 3.05) is 4.72 Å². The van der Waals surface area contributed by atoms with E-state index in [0.717, 1.165) is 17.4 Å². The molecule has 0 unspecified atom stereocenters. The smallest absolute Gasteiger partial charge is 0.345 e. The van der Waals surface area contributed by atoms with E-state index >= 15 is 0 Å². The van der Waals surface area contributed by atoms with Gasteiger partial charge in [0, 0.05) is 11.1 Å². The summed E-state index contributed by atoms with van der Waals surface area (Å²) in [5, 5.41) is 8.90. The van der Waals surface area contributed by atoms with Crippen LogP contribution in [0, 0.1) is 6.92 Å². The molecule has 0 atom stereocenters. The summed E-state index contributed by atoms with van der Waals surface area (Å²) in [7, 11) is -3.87. The van der Waals surface area contributed by atoms with Crippen LogP contribution in [0.25, 0.3) is 0 Å². The first-order valence-corrected chi connectivity index (χ1v) is 8.37. The number of sulfonamides is 1. The molecular formula is C11H9BrN2O4S2. The molecule has 2 aromatic rings. The minimum atomic E-state index is -3.87. The molecule has 9 heteroatoms. The second-order valence-electron chi connectivity index (χ2n) is 3.78. The van der Waals surface area contributed by atoms with E-state index in [9.17, 15) is 13.2 Å². The number of halogens is 1. The summed E-state index contributed by atoms with van der Waals surface area (Å²) < 4.78 is 27.3. The van der Waals surface area contributed by atoms with Gasteiger partial charge in [-0.15, -0.1) is 11.3 Å². The van der Waals surface area contributed by atoms with E-state index < -0.39 is 16.0 Å². The number of hydrogen-bond acceptors (Lipinski definition) is 5. The maximum Gasteiger partial charge on any atom is 0.345 e. The third-order valence-corrected chi connectivity index (χ3v) is 5.63. The number of anilines is 1. The molecule has 0 aromatic carbocycles. The number of aryl methyl sites for hydroxylation is 1. The molecule has 0 amide bonds. The number of aromatic nitrogens is 1. The van der Waals surface area contributed by atoms with Crippen LogP contribution in [0.1, 0.15) is 14.5 Å². The molecule has 0 bridgehead atoms. The van der Waals surface area contributed by atoms with Crippen molar-refractivity contribution < 1.29 is 18.3 Å². The van der Waals surface area contributed by atoms with E-state index in [1.54, 1.807) is 19.1 Å². The number of carboxylic acids is 1. The van der Waals surface area contributed by atoms with Crippen LogP contribution < -0.4 is 4.72 Å². The van der Waals surface area contributed by atoms with Gasteiger partial charge in [0.05, 0.1) is 4.47 Å². The van der Waals surface area contributed by atoms with E-state index in [0.29, 0.717) is 9.35 Å². The van der Waals surface area contributed by atoms with Gasteiger partial charge in [0.1, 0.15) is 9.77 Å². The van der Waals surface area contributed by atoms with Crippen LogP contribution >= 0.6 is 27.3 Å². The average molecular weight is 377 g/mol. The van der Waals surface area contributed by atoms with Crippen LogP contribution in [0.15, 0.2) is 33.8 Å². The molecule has 0 aliphatic rings. The van der Waals surface area contributed by atoms with Crippen molar-refractivity contribution >= 4 is 49.1 Å². The molecule has 106 valence electrons. The molecule has 0 radical (unpaired) electrons. The van der Waals surface area contributed by atoms with Crippen molar-refractivity contribution in [1.82, 2.24) is 4.98 Å². The van der Waals surface area contributed by atoms with Gasteiger partial charge in [-0.25, -0.2) is 18.2 Å². The Morgan fingerprint density at radius 1 is 1.50 bits per heavy atom. The molecule has 0 aliphatic carbocycles. The summed E-state index contributed by atoms with van der Waals surface area (Å²) in [5.74, 6) is -1.01. The number of thiophene rings is 1.